The summed E-state index contributed by atoms with van der Waals surface area (Å²) in [6, 6.07) is -1.68. The minimum atomic E-state index is -4.23. The number of aryl methyl sites for hydroxylation is 1. The molecular weight excluding hydrogens is 219 g/mol. The molecule has 0 saturated heterocycles. The van der Waals surface area contributed by atoms with Crippen LogP contribution in [0.4, 0.5) is 19.0 Å². The van der Waals surface area contributed by atoms with Crippen LogP contribution in [0.1, 0.15) is 31.9 Å². The molecule has 1 N–H and O–H groups in total. The lowest BCUT2D eigenvalue weighted by atomic mass is 10.0. The monoisotopic (exact) mass is 233 g/mol. The lowest BCUT2D eigenvalue weighted by molar-refractivity contribution is -0.173. The average Bonchev–Trinajstić information content (AvgIpc) is 2.57. The first kappa shape index (κ1) is 11.3. The molecule has 0 aliphatic carbocycles. The second-order valence-corrected chi connectivity index (χ2v) is 4.16. The summed E-state index contributed by atoms with van der Waals surface area (Å²) >= 11 is 0. The van der Waals surface area contributed by atoms with Crippen molar-refractivity contribution in [3.8, 4) is 0 Å². The van der Waals surface area contributed by atoms with Crippen molar-refractivity contribution in [3.05, 3.63) is 11.8 Å². The maximum Gasteiger partial charge on any atom is 0.410 e. The molecule has 2 atom stereocenters. The molecule has 0 radical (unpaired) electrons. The molecule has 6 heteroatoms. The first-order chi connectivity index (χ1) is 7.43. The third-order valence-corrected chi connectivity index (χ3v) is 2.89. The van der Waals surface area contributed by atoms with Crippen molar-refractivity contribution < 1.29 is 13.2 Å². The molecule has 1 aliphatic rings. The summed E-state index contributed by atoms with van der Waals surface area (Å²) in [5.41, 5.74) is 0.834. The Labute approximate surface area is 91.6 Å². The zero-order chi connectivity index (χ0) is 11.9. The molecule has 2 heterocycles. The first-order valence-corrected chi connectivity index (χ1v) is 5.33. The molecule has 0 aromatic carbocycles. The molecule has 3 nitrogen and oxygen atoms in total. The van der Waals surface area contributed by atoms with Crippen molar-refractivity contribution >= 4 is 5.82 Å². The van der Waals surface area contributed by atoms with Crippen molar-refractivity contribution in [2.75, 3.05) is 5.32 Å². The van der Waals surface area contributed by atoms with Gasteiger partial charge in [0, 0.05) is 11.6 Å². The lowest BCUT2D eigenvalue weighted by Crippen LogP contribution is -2.38. The van der Waals surface area contributed by atoms with Crippen LogP contribution in [0.5, 0.6) is 0 Å². The van der Waals surface area contributed by atoms with Gasteiger partial charge in [-0.3, -0.25) is 0 Å². The van der Waals surface area contributed by atoms with Crippen LogP contribution in [0.25, 0.3) is 0 Å². The predicted molar refractivity (Wildman–Crippen MR) is 54.4 cm³/mol. The van der Waals surface area contributed by atoms with Crippen LogP contribution in [0.3, 0.4) is 0 Å². The summed E-state index contributed by atoms with van der Waals surface area (Å²) in [4.78, 5) is 0. The van der Waals surface area contributed by atoms with Crippen LogP contribution >= 0.6 is 0 Å². The molecule has 0 saturated carbocycles. The lowest BCUT2D eigenvalue weighted by Gasteiger charge is -2.32. The van der Waals surface area contributed by atoms with E-state index in [-0.39, 0.29) is 12.5 Å². The predicted octanol–water partition coefficient (Wildman–Crippen LogP) is 2.75. The number of nitrogens with zero attached hydrogens (tertiary/aromatic N) is 2. The minimum absolute atomic E-state index is 0.0291. The van der Waals surface area contributed by atoms with Crippen LogP contribution in [-0.4, -0.2) is 22.0 Å². The summed E-state index contributed by atoms with van der Waals surface area (Å²) in [6.07, 6.45) is -2.01. The molecule has 2 unspecified atom stereocenters. The van der Waals surface area contributed by atoms with Gasteiger partial charge in [-0.05, 0) is 19.8 Å². The highest BCUT2D eigenvalue weighted by Crippen LogP contribution is 2.39. The highest BCUT2D eigenvalue weighted by molar-refractivity contribution is 5.46. The normalized spacial score (nSPS) is 25.1. The zero-order valence-corrected chi connectivity index (χ0v) is 9.17. The van der Waals surface area contributed by atoms with E-state index in [1.807, 2.05) is 6.92 Å². The average molecular weight is 233 g/mol. The van der Waals surface area contributed by atoms with Crippen LogP contribution in [-0.2, 0) is 6.42 Å². The SMILES string of the molecule is CCc1cnn2c1NC(C)CC2C(F)(F)F. The van der Waals surface area contributed by atoms with Crippen molar-refractivity contribution in [1.29, 1.82) is 0 Å². The molecule has 0 bridgehead atoms. The summed E-state index contributed by atoms with van der Waals surface area (Å²) < 4.78 is 39.5. The summed E-state index contributed by atoms with van der Waals surface area (Å²) in [7, 11) is 0. The van der Waals surface area contributed by atoms with Crippen molar-refractivity contribution in [3.63, 3.8) is 0 Å². The van der Waals surface area contributed by atoms with E-state index in [4.69, 9.17) is 0 Å². The Hall–Kier alpha value is -1.20. The highest BCUT2D eigenvalue weighted by Gasteiger charge is 2.45. The summed E-state index contributed by atoms with van der Waals surface area (Å²) in [6.45, 7) is 3.66. The maximum absolute atomic E-state index is 12.8. The quantitative estimate of drug-likeness (QED) is 0.808. The smallest absolute Gasteiger partial charge is 0.367 e. The Morgan fingerprint density at radius 2 is 2.25 bits per heavy atom. The van der Waals surface area contributed by atoms with Crippen LogP contribution in [0.2, 0.25) is 0 Å². The van der Waals surface area contributed by atoms with Gasteiger partial charge in [0.1, 0.15) is 5.82 Å². The van der Waals surface area contributed by atoms with Gasteiger partial charge in [-0.1, -0.05) is 6.92 Å². The molecular formula is C10H14F3N3. The second-order valence-electron chi connectivity index (χ2n) is 4.16. The van der Waals surface area contributed by atoms with E-state index in [0.29, 0.717) is 12.2 Å². The number of aromatic nitrogens is 2. The van der Waals surface area contributed by atoms with Crippen LogP contribution in [0, 0.1) is 0 Å². The van der Waals surface area contributed by atoms with E-state index in [1.165, 1.54) is 6.20 Å². The Balaban J connectivity index is 2.43. The van der Waals surface area contributed by atoms with E-state index in [1.54, 1.807) is 6.92 Å². The fraction of sp³-hybridized carbons (Fsp3) is 0.700. The van der Waals surface area contributed by atoms with Crippen molar-refractivity contribution in [2.45, 2.75) is 44.9 Å². The number of anilines is 1. The third kappa shape index (κ3) is 1.76. The Bertz CT molecular complexity index is 383. The minimum Gasteiger partial charge on any atom is -0.367 e. The molecule has 1 aromatic rings. The molecule has 90 valence electrons. The van der Waals surface area contributed by atoms with Gasteiger partial charge >= 0.3 is 6.18 Å². The zero-order valence-electron chi connectivity index (χ0n) is 9.17. The Morgan fingerprint density at radius 1 is 1.56 bits per heavy atom. The van der Waals surface area contributed by atoms with Gasteiger partial charge in [-0.25, -0.2) is 4.68 Å². The molecule has 1 aliphatic heterocycles. The second kappa shape index (κ2) is 3.68. The van der Waals surface area contributed by atoms with Gasteiger partial charge in [0.05, 0.1) is 6.20 Å². The standard InChI is InChI=1S/C10H14F3N3/c1-3-7-5-14-16-8(10(11,12)13)4-6(2)15-9(7)16/h5-6,8,15H,3-4H2,1-2H3. The van der Waals surface area contributed by atoms with Gasteiger partial charge < -0.3 is 5.32 Å². The molecule has 0 spiro atoms. The molecule has 16 heavy (non-hydrogen) atoms. The van der Waals surface area contributed by atoms with Gasteiger partial charge in [-0.2, -0.15) is 18.3 Å². The molecule has 2 rings (SSSR count). The van der Waals surface area contributed by atoms with Crippen LogP contribution < -0.4 is 5.32 Å². The number of rotatable bonds is 1. The Kier molecular flexibility index (Phi) is 2.59. The van der Waals surface area contributed by atoms with Gasteiger partial charge in [0.15, 0.2) is 6.04 Å². The van der Waals surface area contributed by atoms with Crippen molar-refractivity contribution in [2.24, 2.45) is 0 Å². The fourth-order valence-electron chi connectivity index (χ4n) is 2.05. The molecule has 1 aromatic heterocycles. The van der Waals surface area contributed by atoms with Gasteiger partial charge in [-0.15, -0.1) is 0 Å². The maximum atomic E-state index is 12.8. The number of hydrogen-bond acceptors (Lipinski definition) is 2. The summed E-state index contributed by atoms with van der Waals surface area (Å²) in [5, 5.41) is 6.91. The highest BCUT2D eigenvalue weighted by atomic mass is 19.4. The van der Waals surface area contributed by atoms with E-state index >= 15 is 0 Å². The number of alkyl halides is 3. The van der Waals surface area contributed by atoms with E-state index < -0.39 is 12.2 Å². The van der Waals surface area contributed by atoms with E-state index in [2.05, 4.69) is 10.4 Å². The number of hydrogen-bond donors (Lipinski definition) is 1. The van der Waals surface area contributed by atoms with Gasteiger partial charge in [0.25, 0.3) is 0 Å². The summed E-state index contributed by atoms with van der Waals surface area (Å²) in [5.74, 6) is 0.517. The number of fused-ring (bicyclic) bond motifs is 1. The van der Waals surface area contributed by atoms with Crippen molar-refractivity contribution in [1.82, 2.24) is 9.78 Å². The van der Waals surface area contributed by atoms with E-state index in [9.17, 15) is 13.2 Å². The van der Waals surface area contributed by atoms with Crippen LogP contribution in [0.15, 0.2) is 6.20 Å². The topological polar surface area (TPSA) is 29.9 Å². The Morgan fingerprint density at radius 3 is 2.81 bits per heavy atom. The first-order valence-electron chi connectivity index (χ1n) is 5.33. The molecule has 0 amide bonds. The fourth-order valence-corrected chi connectivity index (χ4v) is 2.05. The third-order valence-electron chi connectivity index (χ3n) is 2.89. The number of nitrogens with one attached hydrogen (secondary N) is 1. The molecule has 0 fully saturated rings. The number of halogens is 3. The van der Waals surface area contributed by atoms with E-state index in [0.717, 1.165) is 10.2 Å². The van der Waals surface area contributed by atoms with Gasteiger partial charge in [0.2, 0.25) is 0 Å². The largest absolute Gasteiger partial charge is 0.410 e.